The maximum Gasteiger partial charge on any atom is 0.125 e. The van der Waals surface area contributed by atoms with Gasteiger partial charge in [-0.25, -0.2) is 0 Å². The molecule has 6 nitrogen and oxygen atoms in total. The summed E-state index contributed by atoms with van der Waals surface area (Å²) < 4.78 is 3.36. The topological polar surface area (TPSA) is 74.9 Å². The number of allylic oxidation sites excluding steroid dienone is 6. The minimum atomic E-state index is 0.0734. The van der Waals surface area contributed by atoms with Crippen molar-refractivity contribution in [3.05, 3.63) is 58.5 Å². The summed E-state index contributed by atoms with van der Waals surface area (Å²) in [6, 6.07) is 0.0734. The molecule has 28 heavy (non-hydrogen) atoms. The average Bonchev–Trinajstić information content (AvgIpc) is 2.74. The van der Waals surface area contributed by atoms with E-state index in [9.17, 15) is 0 Å². The van der Waals surface area contributed by atoms with Crippen molar-refractivity contribution in [2.45, 2.75) is 31.7 Å². The highest BCUT2D eigenvalue weighted by Crippen LogP contribution is 2.27. The van der Waals surface area contributed by atoms with Crippen LogP contribution in [0.5, 0.6) is 0 Å². The largest absolute Gasteiger partial charge is 0.391 e. The first-order valence-corrected chi connectivity index (χ1v) is 11.0. The Kier molecular flexibility index (Phi) is 7.42. The summed E-state index contributed by atoms with van der Waals surface area (Å²) >= 11 is 1.64. The minimum absolute atomic E-state index is 0.0734. The standard InChI is InChI=1S/C21H31N5OS/c1-23-20-11-12-26(27-2)14-19(20)21(22)24-17-9-7-15(8-10-17)16-5-4-6-18(13-16)25-28-3/h5,7-9,13,17,23,25H,4,6,10-12,14H2,1-3H3,(H2,22,24). The Morgan fingerprint density at radius 3 is 2.86 bits per heavy atom. The number of hydrogen-bond donors (Lipinski definition) is 3. The maximum atomic E-state index is 6.38. The molecular formula is C21H31N5OS. The predicted molar refractivity (Wildman–Crippen MR) is 119 cm³/mol. The molecule has 4 N–H and O–H groups in total. The van der Waals surface area contributed by atoms with Crippen LogP contribution in [0.25, 0.3) is 0 Å². The van der Waals surface area contributed by atoms with Crippen LogP contribution in [0.15, 0.2) is 63.5 Å². The molecule has 3 rings (SSSR count). The quantitative estimate of drug-likeness (QED) is 0.346. The Hall–Kier alpha value is -1.96. The summed E-state index contributed by atoms with van der Waals surface area (Å²) in [5.74, 6) is 0.598. The molecule has 0 amide bonds. The molecule has 0 aromatic carbocycles. The molecule has 1 atom stereocenters. The molecular weight excluding hydrogens is 370 g/mol. The molecule has 0 fully saturated rings. The third-order valence-corrected chi connectivity index (χ3v) is 5.70. The van der Waals surface area contributed by atoms with Gasteiger partial charge in [0.25, 0.3) is 0 Å². The van der Waals surface area contributed by atoms with E-state index >= 15 is 0 Å². The normalized spacial score (nSPS) is 23.9. The van der Waals surface area contributed by atoms with Gasteiger partial charge in [0, 0.05) is 43.2 Å². The highest BCUT2D eigenvalue weighted by Gasteiger charge is 2.21. The van der Waals surface area contributed by atoms with Crippen LogP contribution in [0, 0.1) is 0 Å². The van der Waals surface area contributed by atoms with Gasteiger partial charge >= 0.3 is 0 Å². The van der Waals surface area contributed by atoms with Crippen LogP contribution >= 0.6 is 11.9 Å². The second-order valence-corrected chi connectivity index (χ2v) is 7.63. The first-order valence-electron chi connectivity index (χ1n) is 9.75. The lowest BCUT2D eigenvalue weighted by Gasteiger charge is -2.29. The number of aliphatic imine (C=N–C) groups is 1. The lowest BCUT2D eigenvalue weighted by Crippen LogP contribution is -2.38. The van der Waals surface area contributed by atoms with E-state index in [0.717, 1.165) is 43.5 Å². The highest BCUT2D eigenvalue weighted by atomic mass is 32.2. The van der Waals surface area contributed by atoms with Crippen LogP contribution in [0.3, 0.4) is 0 Å². The summed E-state index contributed by atoms with van der Waals surface area (Å²) in [5.41, 5.74) is 12.4. The highest BCUT2D eigenvalue weighted by molar-refractivity contribution is 7.96. The summed E-state index contributed by atoms with van der Waals surface area (Å²) in [6.07, 6.45) is 17.1. The number of nitrogens with zero attached hydrogens (tertiary/aromatic N) is 2. The van der Waals surface area contributed by atoms with Gasteiger partial charge < -0.3 is 20.6 Å². The molecule has 7 heteroatoms. The van der Waals surface area contributed by atoms with E-state index in [1.54, 1.807) is 19.1 Å². The third-order valence-electron chi connectivity index (χ3n) is 5.24. The van der Waals surface area contributed by atoms with Gasteiger partial charge in [-0.1, -0.05) is 36.3 Å². The van der Waals surface area contributed by atoms with Gasteiger partial charge in [0.2, 0.25) is 0 Å². The van der Waals surface area contributed by atoms with Gasteiger partial charge in [-0.2, -0.15) is 5.06 Å². The van der Waals surface area contributed by atoms with Crippen LogP contribution in [0.4, 0.5) is 0 Å². The molecule has 152 valence electrons. The Morgan fingerprint density at radius 2 is 2.18 bits per heavy atom. The maximum absolute atomic E-state index is 6.38. The third kappa shape index (κ3) is 5.10. The fourth-order valence-corrected chi connectivity index (χ4v) is 4.12. The SMILES string of the molecule is CNC1=C(C(N)=NC2C=CC(C3=CCCC(NSC)=C3)=CC2)CN(OC)CC1. The minimum Gasteiger partial charge on any atom is -0.391 e. The molecule has 0 aromatic heterocycles. The monoisotopic (exact) mass is 401 g/mol. The Morgan fingerprint density at radius 1 is 1.32 bits per heavy atom. The zero-order valence-electron chi connectivity index (χ0n) is 17.0. The number of hydroxylamine groups is 2. The number of hydrogen-bond acceptors (Lipinski definition) is 6. The van der Waals surface area contributed by atoms with Gasteiger partial charge in [0.05, 0.1) is 19.7 Å². The molecule has 0 saturated carbocycles. The molecule has 0 saturated heterocycles. The molecule has 0 spiro atoms. The molecule has 1 heterocycles. The van der Waals surface area contributed by atoms with Gasteiger partial charge in [0.1, 0.15) is 5.84 Å². The van der Waals surface area contributed by atoms with Crippen molar-refractivity contribution in [3.8, 4) is 0 Å². The Bertz CT molecular complexity index is 763. The zero-order valence-corrected chi connectivity index (χ0v) is 17.8. The van der Waals surface area contributed by atoms with Gasteiger partial charge in [-0.3, -0.25) is 4.99 Å². The van der Waals surface area contributed by atoms with Crippen LogP contribution in [0.2, 0.25) is 0 Å². The van der Waals surface area contributed by atoms with Crippen molar-refractivity contribution < 1.29 is 4.84 Å². The lowest BCUT2D eigenvalue weighted by molar-refractivity contribution is -0.126. The molecule has 0 bridgehead atoms. The molecule has 0 radical (unpaired) electrons. The van der Waals surface area contributed by atoms with Crippen molar-refractivity contribution in [2.75, 3.05) is 33.5 Å². The van der Waals surface area contributed by atoms with Crippen LogP contribution in [-0.4, -0.2) is 50.4 Å². The molecule has 0 aromatic rings. The smallest absolute Gasteiger partial charge is 0.125 e. The van der Waals surface area contributed by atoms with Gasteiger partial charge in [0.15, 0.2) is 0 Å². The fourth-order valence-electron chi connectivity index (χ4n) is 3.70. The molecule has 1 aliphatic heterocycles. The molecule has 3 aliphatic rings. The summed E-state index contributed by atoms with van der Waals surface area (Å²) in [5, 5.41) is 5.18. The summed E-state index contributed by atoms with van der Waals surface area (Å²) in [7, 11) is 3.63. The second kappa shape index (κ2) is 10.0. The van der Waals surface area contributed by atoms with Crippen LogP contribution in [0.1, 0.15) is 25.7 Å². The van der Waals surface area contributed by atoms with E-state index in [2.05, 4.69) is 46.7 Å². The second-order valence-electron chi connectivity index (χ2n) is 7.01. The van der Waals surface area contributed by atoms with Crippen molar-refractivity contribution in [1.29, 1.82) is 0 Å². The lowest BCUT2D eigenvalue weighted by atomic mass is 9.93. The first-order chi connectivity index (χ1) is 13.6. The molecule has 1 unspecified atom stereocenters. The predicted octanol–water partition coefficient (Wildman–Crippen LogP) is 2.81. The van der Waals surface area contributed by atoms with E-state index in [1.165, 1.54) is 16.8 Å². The Labute approximate surface area is 172 Å². The average molecular weight is 402 g/mol. The van der Waals surface area contributed by atoms with Crippen LogP contribution < -0.4 is 15.8 Å². The van der Waals surface area contributed by atoms with Crippen LogP contribution in [-0.2, 0) is 4.84 Å². The van der Waals surface area contributed by atoms with E-state index in [-0.39, 0.29) is 6.04 Å². The first kappa shape index (κ1) is 20.8. The number of nitrogens with one attached hydrogen (secondary N) is 2. The van der Waals surface area contributed by atoms with E-state index in [4.69, 9.17) is 15.6 Å². The fraction of sp³-hybridized carbons (Fsp3) is 0.476. The summed E-state index contributed by atoms with van der Waals surface area (Å²) in [4.78, 5) is 10.2. The van der Waals surface area contributed by atoms with E-state index in [0.29, 0.717) is 12.4 Å². The van der Waals surface area contributed by atoms with Crippen molar-refractivity contribution in [1.82, 2.24) is 15.1 Å². The van der Waals surface area contributed by atoms with Crippen molar-refractivity contribution in [2.24, 2.45) is 10.7 Å². The number of nitrogens with two attached hydrogens (primary N) is 1. The zero-order chi connectivity index (χ0) is 19.9. The van der Waals surface area contributed by atoms with Gasteiger partial charge in [-0.15, -0.1) is 0 Å². The Balaban J connectivity index is 1.68. The summed E-state index contributed by atoms with van der Waals surface area (Å²) in [6.45, 7) is 1.51. The van der Waals surface area contributed by atoms with E-state index in [1.807, 2.05) is 12.1 Å². The number of amidine groups is 1. The van der Waals surface area contributed by atoms with Crippen molar-refractivity contribution >= 4 is 17.8 Å². The molecule has 2 aliphatic carbocycles. The number of rotatable bonds is 7. The van der Waals surface area contributed by atoms with Gasteiger partial charge in [-0.05, 0) is 36.5 Å². The van der Waals surface area contributed by atoms with Crippen molar-refractivity contribution in [3.63, 3.8) is 0 Å². The van der Waals surface area contributed by atoms with E-state index < -0.39 is 0 Å².